The van der Waals surface area contributed by atoms with Crippen LogP contribution >= 0.6 is 0 Å². The van der Waals surface area contributed by atoms with E-state index >= 15 is 0 Å². The molecule has 1 aromatic carbocycles. The van der Waals surface area contributed by atoms with Gasteiger partial charge in [0.15, 0.2) is 0 Å². The fraction of sp³-hybridized carbons (Fsp3) is 0.652. The molecule has 1 heterocycles. The minimum Gasteiger partial charge on any atom is -0.346 e. The van der Waals surface area contributed by atoms with Crippen LogP contribution in [0.15, 0.2) is 24.3 Å². The summed E-state index contributed by atoms with van der Waals surface area (Å²) in [5.74, 6) is 1.72. The minimum atomic E-state index is 0.0873. The third-order valence-electron chi connectivity index (χ3n) is 5.83. The Hall–Kier alpha value is -1.84. The monoisotopic (exact) mass is 372 g/mol. The van der Waals surface area contributed by atoms with Gasteiger partial charge in [-0.3, -0.25) is 9.59 Å². The topological polar surface area (TPSA) is 40.6 Å². The summed E-state index contributed by atoms with van der Waals surface area (Å²) in [4.78, 5) is 28.2. The highest BCUT2D eigenvalue weighted by molar-refractivity contribution is 5.96. The Balaban J connectivity index is 2.01. The third-order valence-corrected chi connectivity index (χ3v) is 5.83. The van der Waals surface area contributed by atoms with E-state index in [1.165, 1.54) is 18.4 Å². The maximum Gasteiger partial charge on any atom is 0.227 e. The van der Waals surface area contributed by atoms with Crippen LogP contribution in [0.25, 0.3) is 0 Å². The van der Waals surface area contributed by atoms with Gasteiger partial charge in [0.05, 0.1) is 0 Å². The summed E-state index contributed by atoms with van der Waals surface area (Å²) in [6.07, 6.45) is 5.05. The maximum absolute atomic E-state index is 13.0. The molecule has 0 saturated carbocycles. The summed E-state index contributed by atoms with van der Waals surface area (Å²) in [5, 5.41) is 0. The van der Waals surface area contributed by atoms with Crippen LogP contribution < -0.4 is 4.90 Å². The van der Waals surface area contributed by atoms with E-state index in [0.717, 1.165) is 31.6 Å². The molecule has 4 nitrogen and oxygen atoms in total. The van der Waals surface area contributed by atoms with Crippen LogP contribution in [0.2, 0.25) is 0 Å². The lowest BCUT2D eigenvalue weighted by Gasteiger charge is -2.22. The molecular weight excluding hydrogens is 336 g/mol. The van der Waals surface area contributed by atoms with E-state index in [2.05, 4.69) is 32.9 Å². The second-order valence-corrected chi connectivity index (χ2v) is 8.43. The van der Waals surface area contributed by atoms with E-state index in [0.29, 0.717) is 24.2 Å². The lowest BCUT2D eigenvalue weighted by atomic mass is 9.91. The van der Waals surface area contributed by atoms with Crippen molar-refractivity contribution in [3.8, 4) is 0 Å². The average molecular weight is 373 g/mol. The van der Waals surface area contributed by atoms with E-state index in [9.17, 15) is 9.59 Å². The standard InChI is InChI=1S/C23H36N2O2/c1-6-9-17(2)14-18(3)15-23(27)25-16-20(12-13-24(5)19(4)26)21-10-7-8-11-22(21)25/h7-8,10-11,17-18,20H,6,9,12-16H2,1-5H3. The number of hydrogen-bond donors (Lipinski definition) is 0. The fourth-order valence-electron chi connectivity index (χ4n) is 4.27. The van der Waals surface area contributed by atoms with Gasteiger partial charge in [-0.2, -0.15) is 0 Å². The lowest BCUT2D eigenvalue weighted by molar-refractivity contribution is -0.127. The van der Waals surface area contributed by atoms with Gasteiger partial charge in [-0.05, 0) is 36.3 Å². The number of anilines is 1. The third kappa shape index (κ3) is 5.82. The molecule has 2 rings (SSSR count). The number of para-hydroxylation sites is 1. The first-order valence-electron chi connectivity index (χ1n) is 10.4. The van der Waals surface area contributed by atoms with Gasteiger partial charge in [0.2, 0.25) is 11.8 Å². The molecule has 0 fully saturated rings. The van der Waals surface area contributed by atoms with Crippen molar-refractivity contribution in [1.29, 1.82) is 0 Å². The molecule has 1 aliphatic rings. The summed E-state index contributed by atoms with van der Waals surface area (Å²) >= 11 is 0. The molecule has 0 aromatic heterocycles. The molecule has 4 heteroatoms. The van der Waals surface area contributed by atoms with Crippen LogP contribution in [-0.2, 0) is 9.59 Å². The van der Waals surface area contributed by atoms with Crippen molar-refractivity contribution in [2.24, 2.45) is 11.8 Å². The zero-order valence-corrected chi connectivity index (χ0v) is 17.7. The molecule has 0 spiro atoms. The van der Waals surface area contributed by atoms with Gasteiger partial charge in [-0.1, -0.05) is 51.8 Å². The largest absolute Gasteiger partial charge is 0.346 e. The zero-order valence-electron chi connectivity index (χ0n) is 17.7. The van der Waals surface area contributed by atoms with Gasteiger partial charge in [-0.25, -0.2) is 0 Å². The number of amides is 2. The van der Waals surface area contributed by atoms with Crippen molar-refractivity contribution in [3.05, 3.63) is 29.8 Å². The Morgan fingerprint density at radius 3 is 2.59 bits per heavy atom. The van der Waals surface area contributed by atoms with Gasteiger partial charge in [0, 0.05) is 45.1 Å². The SMILES string of the molecule is CCCC(C)CC(C)CC(=O)N1CC(CCN(C)C(C)=O)c2ccccc21. The summed E-state index contributed by atoms with van der Waals surface area (Å²) < 4.78 is 0. The average Bonchev–Trinajstić information content (AvgIpc) is 2.98. The predicted molar refractivity (Wildman–Crippen MR) is 112 cm³/mol. The van der Waals surface area contributed by atoms with Crippen LogP contribution in [-0.4, -0.2) is 36.9 Å². The number of hydrogen-bond acceptors (Lipinski definition) is 2. The highest BCUT2D eigenvalue weighted by Gasteiger charge is 2.32. The molecule has 3 unspecified atom stereocenters. The van der Waals surface area contributed by atoms with Crippen molar-refractivity contribution in [3.63, 3.8) is 0 Å². The van der Waals surface area contributed by atoms with E-state index < -0.39 is 0 Å². The highest BCUT2D eigenvalue weighted by Crippen LogP contribution is 2.38. The maximum atomic E-state index is 13.0. The zero-order chi connectivity index (χ0) is 20.0. The van der Waals surface area contributed by atoms with Crippen LogP contribution in [0.3, 0.4) is 0 Å². The molecular formula is C23H36N2O2. The van der Waals surface area contributed by atoms with Crippen LogP contribution in [0, 0.1) is 11.8 Å². The van der Waals surface area contributed by atoms with E-state index in [1.807, 2.05) is 24.1 Å². The first kappa shape index (κ1) is 21.5. The Morgan fingerprint density at radius 2 is 1.93 bits per heavy atom. The minimum absolute atomic E-state index is 0.0873. The Bertz CT molecular complexity index is 643. The second kappa shape index (κ2) is 9.91. The van der Waals surface area contributed by atoms with E-state index in [-0.39, 0.29) is 11.8 Å². The van der Waals surface area contributed by atoms with Crippen molar-refractivity contribution in [2.75, 3.05) is 25.0 Å². The summed E-state index contributed by atoms with van der Waals surface area (Å²) in [7, 11) is 1.84. The number of rotatable bonds is 9. The van der Waals surface area contributed by atoms with Crippen molar-refractivity contribution >= 4 is 17.5 Å². The van der Waals surface area contributed by atoms with Gasteiger partial charge in [0.1, 0.15) is 0 Å². The van der Waals surface area contributed by atoms with Crippen molar-refractivity contribution in [2.45, 2.75) is 65.7 Å². The first-order chi connectivity index (χ1) is 12.8. The molecule has 27 heavy (non-hydrogen) atoms. The molecule has 0 saturated heterocycles. The van der Waals surface area contributed by atoms with Crippen LogP contribution in [0.4, 0.5) is 5.69 Å². The van der Waals surface area contributed by atoms with E-state index in [4.69, 9.17) is 0 Å². The first-order valence-corrected chi connectivity index (χ1v) is 10.4. The summed E-state index contributed by atoms with van der Waals surface area (Å²) in [6, 6.07) is 8.25. The Morgan fingerprint density at radius 1 is 1.22 bits per heavy atom. The highest BCUT2D eigenvalue weighted by atomic mass is 16.2. The van der Waals surface area contributed by atoms with Gasteiger partial charge >= 0.3 is 0 Å². The number of fused-ring (bicyclic) bond motifs is 1. The van der Waals surface area contributed by atoms with Crippen molar-refractivity contribution in [1.82, 2.24) is 4.90 Å². The van der Waals surface area contributed by atoms with Gasteiger partial charge < -0.3 is 9.80 Å². The number of carbonyl (C=O) groups is 2. The molecule has 3 atom stereocenters. The molecule has 1 aliphatic heterocycles. The Labute approximate surface area is 164 Å². The van der Waals surface area contributed by atoms with Gasteiger partial charge in [-0.15, -0.1) is 0 Å². The molecule has 2 amide bonds. The smallest absolute Gasteiger partial charge is 0.227 e. The van der Waals surface area contributed by atoms with Crippen LogP contribution in [0.5, 0.6) is 0 Å². The quantitative estimate of drug-likeness (QED) is 0.622. The number of benzene rings is 1. The second-order valence-electron chi connectivity index (χ2n) is 8.43. The van der Waals surface area contributed by atoms with Gasteiger partial charge in [0.25, 0.3) is 0 Å². The molecule has 1 aromatic rings. The normalized spacial score (nSPS) is 18.1. The Kier molecular flexibility index (Phi) is 7.88. The predicted octanol–water partition coefficient (Wildman–Crippen LogP) is 4.84. The van der Waals surface area contributed by atoms with Crippen LogP contribution in [0.1, 0.15) is 71.3 Å². The summed E-state index contributed by atoms with van der Waals surface area (Å²) in [6.45, 7) is 9.77. The number of carbonyl (C=O) groups excluding carboxylic acids is 2. The molecule has 0 aliphatic carbocycles. The lowest BCUT2D eigenvalue weighted by Crippen LogP contribution is -2.32. The number of nitrogens with zero attached hydrogens (tertiary/aromatic N) is 2. The van der Waals surface area contributed by atoms with Crippen molar-refractivity contribution < 1.29 is 9.59 Å². The summed E-state index contributed by atoms with van der Waals surface area (Å²) in [5.41, 5.74) is 2.31. The van der Waals surface area contributed by atoms with E-state index in [1.54, 1.807) is 11.8 Å². The molecule has 150 valence electrons. The molecule has 0 bridgehead atoms. The fourth-order valence-corrected chi connectivity index (χ4v) is 4.27. The molecule has 0 radical (unpaired) electrons. The molecule has 0 N–H and O–H groups in total.